The number of alkyl halides is 3. The highest BCUT2D eigenvalue weighted by molar-refractivity contribution is 7.15. The molecule has 30 heavy (non-hydrogen) atoms. The summed E-state index contributed by atoms with van der Waals surface area (Å²) in [6.45, 7) is 0. The van der Waals surface area contributed by atoms with Gasteiger partial charge in [-0.15, -0.1) is 11.3 Å². The first-order chi connectivity index (χ1) is 14.1. The molecule has 162 valence electrons. The minimum absolute atomic E-state index is 0.126. The van der Waals surface area contributed by atoms with Crippen LogP contribution in [0.1, 0.15) is 48.6 Å². The number of hydrogen-bond donors (Lipinski definition) is 2. The van der Waals surface area contributed by atoms with Gasteiger partial charge in [0.25, 0.3) is 5.56 Å². The van der Waals surface area contributed by atoms with Gasteiger partial charge in [0, 0.05) is 23.3 Å². The molecule has 1 saturated carbocycles. The van der Waals surface area contributed by atoms with Crippen molar-refractivity contribution in [2.75, 3.05) is 5.32 Å². The Morgan fingerprint density at radius 2 is 2.00 bits per heavy atom. The minimum atomic E-state index is -4.65. The summed E-state index contributed by atoms with van der Waals surface area (Å²) >= 11 is 0.965. The smallest absolute Gasteiger partial charge is 0.417 e. The summed E-state index contributed by atoms with van der Waals surface area (Å²) in [5.41, 5.74) is -1.71. The Bertz CT molecular complexity index is 980. The number of aliphatic carboxylic acids is 1. The van der Waals surface area contributed by atoms with Crippen LogP contribution in [-0.4, -0.2) is 26.5 Å². The highest BCUT2D eigenvalue weighted by atomic mass is 32.1. The monoisotopic (exact) mass is 443 g/mol. The summed E-state index contributed by atoms with van der Waals surface area (Å²) in [5, 5.41) is 11.5. The molecule has 0 aliphatic heterocycles. The van der Waals surface area contributed by atoms with Gasteiger partial charge >= 0.3 is 12.1 Å². The predicted molar refractivity (Wildman–Crippen MR) is 103 cm³/mol. The third-order valence-electron chi connectivity index (χ3n) is 5.04. The van der Waals surface area contributed by atoms with Crippen LogP contribution in [-0.2, 0) is 22.2 Å². The van der Waals surface area contributed by atoms with Crippen molar-refractivity contribution >= 4 is 28.3 Å². The Hall–Kier alpha value is -2.69. The van der Waals surface area contributed by atoms with E-state index in [0.717, 1.165) is 47.7 Å². The fourth-order valence-electron chi connectivity index (χ4n) is 3.61. The van der Waals surface area contributed by atoms with Gasteiger partial charge < -0.3 is 15.0 Å². The van der Waals surface area contributed by atoms with Gasteiger partial charge in [-0.25, -0.2) is 4.98 Å². The van der Waals surface area contributed by atoms with Gasteiger partial charge in [0.2, 0.25) is 5.91 Å². The SMILES string of the molecule is O=C(O)Cc1cnc(NC(=O)C(CC2CCCC2)n2cc(C(F)(F)F)ccc2=O)s1. The van der Waals surface area contributed by atoms with Gasteiger partial charge in [-0.2, -0.15) is 13.2 Å². The summed E-state index contributed by atoms with van der Waals surface area (Å²) in [4.78, 5) is 40.4. The van der Waals surface area contributed by atoms with Crippen molar-refractivity contribution in [2.45, 2.75) is 50.7 Å². The van der Waals surface area contributed by atoms with E-state index in [-0.39, 0.29) is 23.9 Å². The summed E-state index contributed by atoms with van der Waals surface area (Å²) in [6.07, 6.45) is 0.964. The molecule has 1 aliphatic carbocycles. The number of pyridine rings is 1. The lowest BCUT2D eigenvalue weighted by molar-refractivity contribution is -0.138. The van der Waals surface area contributed by atoms with Crippen LogP contribution in [0.4, 0.5) is 18.3 Å². The number of anilines is 1. The molecule has 1 unspecified atom stereocenters. The summed E-state index contributed by atoms with van der Waals surface area (Å²) in [7, 11) is 0. The molecule has 11 heteroatoms. The molecule has 7 nitrogen and oxygen atoms in total. The van der Waals surface area contributed by atoms with Crippen LogP contribution < -0.4 is 10.9 Å². The Balaban J connectivity index is 1.88. The number of nitrogens with zero attached hydrogens (tertiary/aromatic N) is 2. The molecule has 0 bridgehead atoms. The molecule has 2 N–H and O–H groups in total. The van der Waals surface area contributed by atoms with Crippen LogP contribution in [0.15, 0.2) is 29.3 Å². The van der Waals surface area contributed by atoms with Gasteiger partial charge in [-0.3, -0.25) is 14.4 Å². The van der Waals surface area contributed by atoms with E-state index >= 15 is 0 Å². The molecule has 2 aromatic rings. The van der Waals surface area contributed by atoms with Crippen LogP contribution in [0.3, 0.4) is 0 Å². The van der Waals surface area contributed by atoms with Crippen LogP contribution in [0.2, 0.25) is 0 Å². The van der Waals surface area contributed by atoms with E-state index in [0.29, 0.717) is 17.1 Å². The maximum absolute atomic E-state index is 13.2. The molecule has 1 fully saturated rings. The van der Waals surface area contributed by atoms with E-state index in [1.165, 1.54) is 6.20 Å². The quantitative estimate of drug-likeness (QED) is 0.679. The first-order valence-electron chi connectivity index (χ1n) is 9.40. The van der Waals surface area contributed by atoms with E-state index < -0.39 is 35.2 Å². The average molecular weight is 443 g/mol. The van der Waals surface area contributed by atoms with Gasteiger partial charge in [0.15, 0.2) is 5.13 Å². The first-order valence-corrected chi connectivity index (χ1v) is 10.2. The fraction of sp³-hybridized carbons (Fsp3) is 0.474. The average Bonchev–Trinajstić information content (AvgIpc) is 3.31. The van der Waals surface area contributed by atoms with Gasteiger partial charge in [0.1, 0.15) is 6.04 Å². The molecule has 0 radical (unpaired) electrons. The van der Waals surface area contributed by atoms with Crippen molar-refractivity contribution in [1.82, 2.24) is 9.55 Å². The number of amides is 1. The van der Waals surface area contributed by atoms with Crippen molar-refractivity contribution < 1.29 is 27.9 Å². The van der Waals surface area contributed by atoms with E-state index in [2.05, 4.69) is 10.3 Å². The number of rotatable bonds is 7. The summed E-state index contributed by atoms with van der Waals surface area (Å²) in [5.74, 6) is -1.58. The van der Waals surface area contributed by atoms with E-state index in [1.807, 2.05) is 0 Å². The van der Waals surface area contributed by atoms with Crippen molar-refractivity contribution in [3.05, 3.63) is 45.3 Å². The lowest BCUT2D eigenvalue weighted by Crippen LogP contribution is -2.34. The molecule has 0 spiro atoms. The van der Waals surface area contributed by atoms with Crippen LogP contribution in [0.25, 0.3) is 0 Å². The van der Waals surface area contributed by atoms with Crippen molar-refractivity contribution in [3.63, 3.8) is 0 Å². The number of hydrogen-bond acceptors (Lipinski definition) is 5. The zero-order valence-corrected chi connectivity index (χ0v) is 16.6. The summed E-state index contributed by atoms with van der Waals surface area (Å²) < 4.78 is 40.3. The van der Waals surface area contributed by atoms with Crippen LogP contribution in [0.5, 0.6) is 0 Å². The normalized spacial score (nSPS) is 15.8. The zero-order chi connectivity index (χ0) is 21.9. The van der Waals surface area contributed by atoms with Gasteiger partial charge in [-0.1, -0.05) is 25.7 Å². The first kappa shape index (κ1) is 22.0. The fourth-order valence-corrected chi connectivity index (χ4v) is 4.41. The Labute approximate surface area is 173 Å². The van der Waals surface area contributed by atoms with Crippen molar-refractivity contribution in [3.8, 4) is 0 Å². The van der Waals surface area contributed by atoms with Crippen molar-refractivity contribution in [2.24, 2.45) is 5.92 Å². The third kappa shape index (κ3) is 5.47. The van der Waals surface area contributed by atoms with Crippen LogP contribution in [0, 0.1) is 5.92 Å². The maximum atomic E-state index is 13.2. The van der Waals surface area contributed by atoms with E-state index in [1.54, 1.807) is 0 Å². The summed E-state index contributed by atoms with van der Waals surface area (Å²) in [6, 6.07) is 0.379. The number of carboxylic acid groups (broad SMARTS) is 1. The zero-order valence-electron chi connectivity index (χ0n) is 15.8. The van der Waals surface area contributed by atoms with Gasteiger partial charge in [0.05, 0.1) is 12.0 Å². The number of carbonyl (C=O) groups is 2. The highest BCUT2D eigenvalue weighted by Crippen LogP contribution is 2.34. The molecular weight excluding hydrogens is 423 g/mol. The number of carbonyl (C=O) groups excluding carboxylic acids is 1. The second kappa shape index (κ2) is 8.99. The number of thiazole rings is 1. The molecule has 0 aromatic carbocycles. The standard InChI is InChI=1S/C19H20F3N3O4S/c20-19(21,22)12-5-6-15(26)25(10-12)14(7-11-3-1-2-4-11)17(29)24-18-23-9-13(30-18)8-16(27)28/h5-6,9-11,14H,1-4,7-8H2,(H,27,28)(H,23,24,29). The highest BCUT2D eigenvalue weighted by Gasteiger charge is 2.33. The third-order valence-corrected chi connectivity index (χ3v) is 5.96. The number of nitrogens with one attached hydrogen (secondary N) is 1. The maximum Gasteiger partial charge on any atom is 0.417 e. The Morgan fingerprint density at radius 3 is 2.63 bits per heavy atom. The number of halogens is 3. The van der Waals surface area contributed by atoms with E-state index in [9.17, 15) is 27.6 Å². The second-order valence-corrected chi connectivity index (χ2v) is 8.37. The topological polar surface area (TPSA) is 101 Å². The molecule has 1 atom stereocenters. The van der Waals surface area contributed by atoms with E-state index in [4.69, 9.17) is 5.11 Å². The lowest BCUT2D eigenvalue weighted by Gasteiger charge is -2.23. The van der Waals surface area contributed by atoms with Crippen LogP contribution >= 0.6 is 11.3 Å². The van der Waals surface area contributed by atoms with Crippen molar-refractivity contribution in [1.29, 1.82) is 0 Å². The lowest BCUT2D eigenvalue weighted by atomic mass is 9.97. The molecule has 2 heterocycles. The van der Waals surface area contributed by atoms with Gasteiger partial charge in [-0.05, 0) is 18.4 Å². The Kier molecular flexibility index (Phi) is 6.59. The minimum Gasteiger partial charge on any atom is -0.481 e. The molecular formula is C19H20F3N3O4S. The second-order valence-electron chi connectivity index (χ2n) is 7.25. The molecule has 1 aliphatic rings. The molecule has 0 saturated heterocycles. The number of carboxylic acids is 1. The number of aromatic nitrogens is 2. The molecule has 1 amide bonds. The predicted octanol–water partition coefficient (Wildman–Crippen LogP) is 3.71. The molecule has 2 aromatic heterocycles. The largest absolute Gasteiger partial charge is 0.481 e. The molecule has 3 rings (SSSR count). The Morgan fingerprint density at radius 1 is 1.30 bits per heavy atom.